The predicted octanol–water partition coefficient (Wildman–Crippen LogP) is 5.44. The average Bonchev–Trinajstić information content (AvgIpc) is 3.42. The van der Waals surface area contributed by atoms with Crippen molar-refractivity contribution in [3.05, 3.63) is 86.3 Å². The summed E-state index contributed by atoms with van der Waals surface area (Å²) in [5.41, 5.74) is 10.3. The molecule has 6 nitrogen and oxygen atoms in total. The first-order valence-corrected chi connectivity index (χ1v) is 14.2. The van der Waals surface area contributed by atoms with E-state index in [9.17, 15) is 4.79 Å². The second-order valence-corrected chi connectivity index (χ2v) is 11.1. The van der Waals surface area contributed by atoms with Gasteiger partial charge in [-0.05, 0) is 85.2 Å². The Balaban J connectivity index is 1.36. The van der Waals surface area contributed by atoms with E-state index in [4.69, 9.17) is 4.74 Å². The van der Waals surface area contributed by atoms with Crippen LogP contribution in [0.25, 0.3) is 11.1 Å². The first kappa shape index (κ1) is 26.7. The molecule has 38 heavy (non-hydrogen) atoms. The Morgan fingerprint density at radius 1 is 0.947 bits per heavy atom. The zero-order valence-corrected chi connectivity index (χ0v) is 23.2. The Labute approximate surface area is 226 Å². The lowest BCUT2D eigenvalue weighted by atomic mass is 9.96. The second-order valence-electron chi connectivity index (χ2n) is 11.1. The normalized spacial score (nSPS) is 16.7. The van der Waals surface area contributed by atoms with Gasteiger partial charge in [-0.2, -0.15) is 0 Å². The van der Waals surface area contributed by atoms with Crippen LogP contribution in [0.1, 0.15) is 59.2 Å². The lowest BCUT2D eigenvalue weighted by molar-refractivity contribution is 0.0342. The summed E-state index contributed by atoms with van der Waals surface area (Å²) >= 11 is 0. The summed E-state index contributed by atoms with van der Waals surface area (Å²) in [6, 6.07) is 16.3. The fraction of sp³-hybridized carbons (Fsp3) is 0.469. The molecule has 5 rings (SSSR count). The number of aromatic amines is 1. The molecule has 2 fully saturated rings. The van der Waals surface area contributed by atoms with Crippen LogP contribution >= 0.6 is 0 Å². The molecule has 2 aliphatic rings. The van der Waals surface area contributed by atoms with E-state index in [0.717, 1.165) is 49.7 Å². The maximum atomic E-state index is 12.5. The summed E-state index contributed by atoms with van der Waals surface area (Å²) in [7, 11) is 0. The Hall–Kier alpha value is -2.93. The molecule has 2 aromatic carbocycles. The van der Waals surface area contributed by atoms with Crippen molar-refractivity contribution in [1.82, 2.24) is 15.2 Å². The zero-order valence-electron chi connectivity index (χ0n) is 23.2. The van der Waals surface area contributed by atoms with Gasteiger partial charge in [-0.15, -0.1) is 0 Å². The van der Waals surface area contributed by atoms with Crippen LogP contribution in [0.3, 0.4) is 0 Å². The highest BCUT2D eigenvalue weighted by atomic mass is 16.5. The van der Waals surface area contributed by atoms with Gasteiger partial charge in [0.25, 0.3) is 5.56 Å². The molecule has 0 unspecified atom stereocenters. The van der Waals surface area contributed by atoms with Crippen LogP contribution in [-0.4, -0.2) is 42.2 Å². The predicted molar refractivity (Wildman–Crippen MR) is 156 cm³/mol. The summed E-state index contributed by atoms with van der Waals surface area (Å²) < 4.78 is 5.49. The minimum absolute atomic E-state index is 0.00114. The molecule has 1 saturated heterocycles. The average molecular weight is 515 g/mol. The zero-order chi connectivity index (χ0) is 26.5. The highest BCUT2D eigenvalue weighted by Crippen LogP contribution is 2.32. The van der Waals surface area contributed by atoms with Crippen molar-refractivity contribution in [1.29, 1.82) is 0 Å². The van der Waals surface area contributed by atoms with Gasteiger partial charge in [-0.3, -0.25) is 9.69 Å². The number of aryl methyl sites for hydroxylation is 2. The summed E-state index contributed by atoms with van der Waals surface area (Å²) in [6.07, 6.45) is 5.09. The Morgan fingerprint density at radius 2 is 1.68 bits per heavy atom. The first-order valence-electron chi connectivity index (χ1n) is 14.2. The van der Waals surface area contributed by atoms with E-state index in [1.54, 1.807) is 0 Å². The van der Waals surface area contributed by atoms with Gasteiger partial charge in [-0.25, -0.2) is 0 Å². The Kier molecular flexibility index (Phi) is 8.62. The number of ether oxygens (including phenoxy) is 1. The van der Waals surface area contributed by atoms with Gasteiger partial charge in [-0.1, -0.05) is 37.1 Å². The van der Waals surface area contributed by atoms with Crippen LogP contribution in [0.4, 0.5) is 5.69 Å². The number of nitrogens with one attached hydrogen (secondary N) is 3. The van der Waals surface area contributed by atoms with E-state index in [2.05, 4.69) is 63.8 Å². The van der Waals surface area contributed by atoms with Crippen LogP contribution in [-0.2, 0) is 24.4 Å². The number of benzene rings is 2. The number of hydrogen-bond acceptors (Lipinski definition) is 5. The molecule has 3 aromatic rings. The van der Waals surface area contributed by atoms with E-state index < -0.39 is 0 Å². The van der Waals surface area contributed by atoms with Crippen LogP contribution in [0.2, 0.25) is 0 Å². The van der Waals surface area contributed by atoms with Gasteiger partial charge in [0.1, 0.15) is 0 Å². The maximum absolute atomic E-state index is 12.5. The number of aromatic nitrogens is 1. The van der Waals surface area contributed by atoms with E-state index in [1.807, 2.05) is 19.9 Å². The fourth-order valence-electron chi connectivity index (χ4n) is 5.81. The number of pyridine rings is 1. The van der Waals surface area contributed by atoms with Gasteiger partial charge in [0.05, 0.1) is 13.2 Å². The number of nitrogens with zero attached hydrogens (tertiary/aromatic N) is 1. The van der Waals surface area contributed by atoms with Crippen LogP contribution in [0.15, 0.2) is 47.3 Å². The smallest absolute Gasteiger partial charge is 0.252 e. The van der Waals surface area contributed by atoms with Crippen molar-refractivity contribution >= 4 is 5.69 Å². The van der Waals surface area contributed by atoms with E-state index in [-0.39, 0.29) is 5.56 Å². The molecule has 0 spiro atoms. The summed E-state index contributed by atoms with van der Waals surface area (Å²) in [5, 5.41) is 7.41. The van der Waals surface area contributed by atoms with Gasteiger partial charge in [0, 0.05) is 55.7 Å². The Morgan fingerprint density at radius 3 is 2.39 bits per heavy atom. The molecule has 0 amide bonds. The molecule has 0 atom stereocenters. The van der Waals surface area contributed by atoms with Crippen molar-refractivity contribution in [2.45, 2.75) is 72.1 Å². The second kappa shape index (κ2) is 12.3. The van der Waals surface area contributed by atoms with Crippen molar-refractivity contribution < 1.29 is 4.74 Å². The molecule has 1 saturated carbocycles. The van der Waals surface area contributed by atoms with Crippen LogP contribution in [0.5, 0.6) is 0 Å². The van der Waals surface area contributed by atoms with Crippen LogP contribution in [0, 0.1) is 20.8 Å². The van der Waals surface area contributed by atoms with Gasteiger partial charge >= 0.3 is 0 Å². The maximum Gasteiger partial charge on any atom is 0.252 e. The molecular formula is C32H42N4O2. The molecule has 202 valence electrons. The Bertz CT molecular complexity index is 1290. The summed E-state index contributed by atoms with van der Waals surface area (Å²) in [4.78, 5) is 17.9. The quantitative estimate of drug-likeness (QED) is 0.355. The van der Waals surface area contributed by atoms with E-state index in [0.29, 0.717) is 19.1 Å². The van der Waals surface area contributed by atoms with Crippen LogP contribution < -0.4 is 16.2 Å². The number of morpholine rings is 1. The van der Waals surface area contributed by atoms with Gasteiger partial charge in [0.15, 0.2) is 0 Å². The van der Waals surface area contributed by atoms with Crippen molar-refractivity contribution in [3.8, 4) is 11.1 Å². The molecule has 3 N–H and O–H groups in total. The minimum Gasteiger partial charge on any atom is -0.382 e. The molecular weight excluding hydrogens is 472 g/mol. The SMILES string of the molecule is Cc1cc(C)c(CNCc2cc(-c3ccc(CN4CCOCC4)cc3)cc(NC3CCCC3)c2C)c(=O)[nH]1. The van der Waals surface area contributed by atoms with E-state index >= 15 is 0 Å². The third-order valence-electron chi connectivity index (χ3n) is 8.14. The van der Waals surface area contributed by atoms with Gasteiger partial charge in [0.2, 0.25) is 0 Å². The van der Waals surface area contributed by atoms with Crippen molar-refractivity contribution in [3.63, 3.8) is 0 Å². The standard InChI is InChI=1S/C32H42N4O2/c1-22-16-23(2)34-32(37)30(22)20-33-19-28-17-27(18-31(24(28)3)35-29-6-4-5-7-29)26-10-8-25(9-11-26)21-36-12-14-38-15-13-36/h8-11,16-18,29,33,35H,4-7,12-15,19-21H2,1-3H3,(H,34,37). The molecule has 2 heterocycles. The largest absolute Gasteiger partial charge is 0.382 e. The molecule has 1 aromatic heterocycles. The molecule has 6 heteroatoms. The highest BCUT2D eigenvalue weighted by molar-refractivity contribution is 5.72. The molecule has 1 aliphatic heterocycles. The number of H-pyrrole nitrogens is 1. The third kappa shape index (κ3) is 6.55. The number of hydrogen-bond donors (Lipinski definition) is 3. The monoisotopic (exact) mass is 514 g/mol. The molecule has 1 aliphatic carbocycles. The lowest BCUT2D eigenvalue weighted by Gasteiger charge is -2.26. The molecule has 0 radical (unpaired) electrons. The lowest BCUT2D eigenvalue weighted by Crippen LogP contribution is -2.35. The van der Waals surface area contributed by atoms with Gasteiger partial charge < -0.3 is 20.4 Å². The van der Waals surface area contributed by atoms with Crippen molar-refractivity contribution in [2.75, 3.05) is 31.6 Å². The first-order chi connectivity index (χ1) is 18.5. The highest BCUT2D eigenvalue weighted by Gasteiger charge is 2.18. The van der Waals surface area contributed by atoms with E-state index in [1.165, 1.54) is 59.2 Å². The topological polar surface area (TPSA) is 69.4 Å². The molecule has 0 bridgehead atoms. The number of rotatable bonds is 9. The summed E-state index contributed by atoms with van der Waals surface area (Å²) in [6.45, 7) is 12.0. The summed E-state index contributed by atoms with van der Waals surface area (Å²) in [5.74, 6) is 0. The third-order valence-corrected chi connectivity index (χ3v) is 8.14. The number of anilines is 1. The minimum atomic E-state index is 0.00114. The van der Waals surface area contributed by atoms with Crippen molar-refractivity contribution in [2.24, 2.45) is 0 Å². The fourth-order valence-corrected chi connectivity index (χ4v) is 5.81.